The summed E-state index contributed by atoms with van der Waals surface area (Å²) in [6.07, 6.45) is 1.68. The summed E-state index contributed by atoms with van der Waals surface area (Å²) in [7, 11) is -4.09. The van der Waals surface area contributed by atoms with Crippen molar-refractivity contribution in [3.63, 3.8) is 0 Å². The average Bonchev–Trinajstić information content (AvgIpc) is 2.80. The van der Waals surface area contributed by atoms with Gasteiger partial charge in [0.25, 0.3) is 10.0 Å². The summed E-state index contributed by atoms with van der Waals surface area (Å²) in [6, 6.07) is 19.3. The first-order valence-corrected chi connectivity index (χ1v) is 12.6. The van der Waals surface area contributed by atoms with Crippen molar-refractivity contribution in [1.82, 2.24) is 0 Å². The number of sulfonamides is 1. The molecular weight excluding hydrogens is 460 g/mol. The molecule has 1 atom stereocenters. The SMILES string of the molecule is CCc1ccc(NS(=O)(=O)c2cc(C(=O)O)c(NCC(CC)c3ccccc3)cc2Cl)cc1. The molecule has 0 saturated carbocycles. The van der Waals surface area contributed by atoms with Crippen molar-refractivity contribution < 1.29 is 18.3 Å². The van der Waals surface area contributed by atoms with E-state index >= 15 is 0 Å². The van der Waals surface area contributed by atoms with Crippen molar-refractivity contribution in [3.05, 3.63) is 88.4 Å². The Balaban J connectivity index is 1.87. The van der Waals surface area contributed by atoms with Crippen LogP contribution in [0.3, 0.4) is 0 Å². The molecule has 0 heterocycles. The maximum atomic E-state index is 13.0. The highest BCUT2D eigenvalue weighted by molar-refractivity contribution is 7.92. The van der Waals surface area contributed by atoms with Gasteiger partial charge in [-0.3, -0.25) is 4.72 Å². The molecule has 0 saturated heterocycles. The molecule has 174 valence electrons. The molecule has 0 spiro atoms. The van der Waals surface area contributed by atoms with Gasteiger partial charge in [-0.1, -0.05) is 67.9 Å². The number of rotatable bonds is 10. The molecule has 0 aromatic heterocycles. The van der Waals surface area contributed by atoms with Crippen LogP contribution in [0.25, 0.3) is 0 Å². The van der Waals surface area contributed by atoms with Crippen molar-refractivity contribution in [2.45, 2.75) is 37.5 Å². The number of nitrogens with one attached hydrogen (secondary N) is 2. The first kappa shape index (κ1) is 24.6. The lowest BCUT2D eigenvalue weighted by Crippen LogP contribution is -2.17. The molecule has 3 N–H and O–H groups in total. The summed E-state index contributed by atoms with van der Waals surface area (Å²) in [5, 5.41) is 12.8. The molecule has 3 aromatic rings. The quantitative estimate of drug-likeness (QED) is 0.326. The Bertz CT molecular complexity index is 1210. The van der Waals surface area contributed by atoms with Crippen LogP contribution in [0.4, 0.5) is 11.4 Å². The van der Waals surface area contributed by atoms with Crippen molar-refractivity contribution in [2.24, 2.45) is 0 Å². The Morgan fingerprint density at radius 3 is 2.27 bits per heavy atom. The summed E-state index contributed by atoms with van der Waals surface area (Å²) in [5.41, 5.74) is 2.68. The van der Waals surface area contributed by atoms with Gasteiger partial charge < -0.3 is 10.4 Å². The van der Waals surface area contributed by atoms with Crippen LogP contribution in [0.2, 0.25) is 5.02 Å². The first-order chi connectivity index (χ1) is 15.7. The fourth-order valence-electron chi connectivity index (χ4n) is 3.56. The molecule has 3 rings (SSSR count). The van der Waals surface area contributed by atoms with Crippen LogP contribution in [0.5, 0.6) is 0 Å². The molecule has 33 heavy (non-hydrogen) atoms. The van der Waals surface area contributed by atoms with Crippen LogP contribution in [0.1, 0.15) is 47.7 Å². The van der Waals surface area contributed by atoms with Gasteiger partial charge in [-0.25, -0.2) is 13.2 Å². The minimum atomic E-state index is -4.09. The zero-order valence-electron chi connectivity index (χ0n) is 18.5. The zero-order chi connectivity index (χ0) is 24.0. The Labute approximate surface area is 199 Å². The molecule has 0 radical (unpaired) electrons. The van der Waals surface area contributed by atoms with E-state index in [1.165, 1.54) is 6.07 Å². The molecule has 8 heteroatoms. The highest BCUT2D eigenvalue weighted by Crippen LogP contribution is 2.31. The van der Waals surface area contributed by atoms with Gasteiger partial charge in [0.1, 0.15) is 4.90 Å². The van der Waals surface area contributed by atoms with Gasteiger partial charge in [-0.2, -0.15) is 0 Å². The molecule has 6 nitrogen and oxygen atoms in total. The molecule has 0 bridgehead atoms. The summed E-state index contributed by atoms with van der Waals surface area (Å²) in [4.78, 5) is 11.6. The second-order valence-electron chi connectivity index (χ2n) is 7.69. The third kappa shape index (κ3) is 6.06. The third-order valence-corrected chi connectivity index (χ3v) is 7.36. The van der Waals surface area contributed by atoms with Gasteiger partial charge in [0.2, 0.25) is 0 Å². The lowest BCUT2D eigenvalue weighted by Gasteiger charge is -2.19. The van der Waals surface area contributed by atoms with Crippen LogP contribution in [0, 0.1) is 0 Å². The molecular formula is C25H27ClN2O4S. The van der Waals surface area contributed by atoms with Crippen LogP contribution in [-0.4, -0.2) is 26.0 Å². The predicted molar refractivity (Wildman–Crippen MR) is 133 cm³/mol. The average molecular weight is 487 g/mol. The van der Waals surface area contributed by atoms with Crippen molar-refractivity contribution >= 4 is 39.0 Å². The number of carboxylic acids is 1. The highest BCUT2D eigenvalue weighted by Gasteiger charge is 2.23. The number of hydrogen-bond donors (Lipinski definition) is 3. The number of carbonyl (C=O) groups is 1. The summed E-state index contributed by atoms with van der Waals surface area (Å²) >= 11 is 6.32. The summed E-state index contributed by atoms with van der Waals surface area (Å²) in [6.45, 7) is 4.54. The maximum Gasteiger partial charge on any atom is 0.337 e. The van der Waals surface area contributed by atoms with E-state index in [4.69, 9.17) is 11.6 Å². The van der Waals surface area contributed by atoms with Crippen LogP contribution < -0.4 is 10.0 Å². The minimum Gasteiger partial charge on any atom is -0.478 e. The van der Waals surface area contributed by atoms with Crippen molar-refractivity contribution in [3.8, 4) is 0 Å². The number of carboxylic acid groups (broad SMARTS) is 1. The Kier molecular flexibility index (Phi) is 8.00. The monoisotopic (exact) mass is 486 g/mol. The molecule has 0 amide bonds. The molecule has 0 aliphatic heterocycles. The van der Waals surface area contributed by atoms with Crippen LogP contribution >= 0.6 is 11.6 Å². The number of anilines is 2. The maximum absolute atomic E-state index is 13.0. The largest absolute Gasteiger partial charge is 0.478 e. The van der Waals surface area contributed by atoms with E-state index in [1.54, 1.807) is 12.1 Å². The molecule has 0 fully saturated rings. The summed E-state index contributed by atoms with van der Waals surface area (Å²) < 4.78 is 28.4. The van der Waals surface area contributed by atoms with E-state index in [-0.39, 0.29) is 27.1 Å². The van der Waals surface area contributed by atoms with E-state index in [0.717, 1.165) is 30.0 Å². The van der Waals surface area contributed by atoms with Crippen LogP contribution in [-0.2, 0) is 16.4 Å². The first-order valence-electron chi connectivity index (χ1n) is 10.7. The van der Waals surface area contributed by atoms with Gasteiger partial charge in [0.05, 0.1) is 16.3 Å². The number of aryl methyl sites for hydroxylation is 1. The van der Waals surface area contributed by atoms with E-state index < -0.39 is 16.0 Å². The van der Waals surface area contributed by atoms with E-state index in [1.807, 2.05) is 49.4 Å². The fraction of sp³-hybridized carbons (Fsp3) is 0.240. The highest BCUT2D eigenvalue weighted by atomic mass is 35.5. The second-order valence-corrected chi connectivity index (χ2v) is 9.74. The van der Waals surface area contributed by atoms with Gasteiger partial charge >= 0.3 is 5.97 Å². The number of aromatic carboxylic acids is 1. The molecule has 3 aromatic carbocycles. The van der Waals surface area contributed by atoms with Crippen molar-refractivity contribution in [2.75, 3.05) is 16.6 Å². The van der Waals surface area contributed by atoms with Gasteiger partial charge in [-0.15, -0.1) is 0 Å². The van der Waals surface area contributed by atoms with Crippen molar-refractivity contribution in [1.29, 1.82) is 0 Å². The van der Waals surface area contributed by atoms with Gasteiger partial charge in [-0.05, 0) is 48.2 Å². The lowest BCUT2D eigenvalue weighted by atomic mass is 9.96. The van der Waals surface area contributed by atoms with Crippen LogP contribution in [0.15, 0.2) is 71.6 Å². The molecule has 0 aliphatic carbocycles. The molecule has 0 aliphatic rings. The number of benzene rings is 3. The smallest absolute Gasteiger partial charge is 0.337 e. The normalized spacial score (nSPS) is 12.2. The Hall–Kier alpha value is -3.03. The standard InChI is InChI=1S/C25H27ClN2O4S/c1-3-17-10-12-20(13-11-17)28-33(31,32)24-14-21(25(29)30)23(15-22(24)26)27-16-18(4-2)19-8-6-5-7-9-19/h5-15,18,27-28H,3-4,16H2,1-2H3,(H,29,30). The third-order valence-electron chi connectivity index (χ3n) is 5.51. The number of hydrogen-bond acceptors (Lipinski definition) is 4. The second kappa shape index (κ2) is 10.7. The van der Waals surface area contributed by atoms with E-state index in [2.05, 4.69) is 17.0 Å². The van der Waals surface area contributed by atoms with E-state index in [0.29, 0.717) is 12.2 Å². The fourth-order valence-corrected chi connectivity index (χ4v) is 5.17. The minimum absolute atomic E-state index is 0.0621. The number of halogens is 1. The zero-order valence-corrected chi connectivity index (χ0v) is 20.1. The topological polar surface area (TPSA) is 95.5 Å². The summed E-state index contributed by atoms with van der Waals surface area (Å²) in [5.74, 6) is -1.09. The molecule has 1 unspecified atom stereocenters. The van der Waals surface area contributed by atoms with Gasteiger partial charge in [0.15, 0.2) is 0 Å². The Morgan fingerprint density at radius 1 is 1.03 bits per heavy atom. The Morgan fingerprint density at radius 2 is 1.70 bits per heavy atom. The van der Waals surface area contributed by atoms with Gasteiger partial charge in [0, 0.05) is 18.2 Å². The lowest BCUT2D eigenvalue weighted by molar-refractivity contribution is 0.0697. The predicted octanol–water partition coefficient (Wildman–Crippen LogP) is 6.01. The van der Waals surface area contributed by atoms with E-state index in [9.17, 15) is 18.3 Å².